The first kappa shape index (κ1) is 20.4. The van der Waals surface area contributed by atoms with Crippen molar-refractivity contribution >= 4 is 12.1 Å². The van der Waals surface area contributed by atoms with Crippen LogP contribution >= 0.6 is 0 Å². The highest BCUT2D eigenvalue weighted by atomic mass is 16.5. The predicted octanol–water partition coefficient (Wildman–Crippen LogP) is 2.70. The molecule has 30 heavy (non-hydrogen) atoms. The molecule has 2 aromatic rings. The first-order valence-corrected chi connectivity index (χ1v) is 10.1. The first-order valence-electron chi connectivity index (χ1n) is 10.1. The Kier molecular flexibility index (Phi) is 5.74. The smallest absolute Gasteiger partial charge is 0.408 e. The fourth-order valence-corrected chi connectivity index (χ4v) is 4.23. The number of carbonyl (C=O) groups excluding carboxylic acids is 1. The van der Waals surface area contributed by atoms with Crippen LogP contribution in [-0.4, -0.2) is 67.1 Å². The first-order chi connectivity index (χ1) is 14.5. The minimum atomic E-state index is -1.44. The Hall–Kier alpha value is -2.90. The van der Waals surface area contributed by atoms with Gasteiger partial charge in [0.1, 0.15) is 6.61 Å². The Morgan fingerprint density at radius 3 is 2.23 bits per heavy atom. The molecule has 1 atom stereocenters. The van der Waals surface area contributed by atoms with Gasteiger partial charge < -0.3 is 19.9 Å². The molecule has 0 aromatic heterocycles. The summed E-state index contributed by atoms with van der Waals surface area (Å²) in [6.07, 6.45) is -0.727. The number of carboxylic acids is 1. The number of alkyl carbamates (subject to hydrolysis) is 1. The molecule has 158 valence electrons. The molecule has 4 rings (SSSR count). The SMILES string of the molecule is CC(CN1CCOCC1)(NC(=O)OCC1c2ccccc2-c2ccccc21)C(=O)O. The van der Waals surface area contributed by atoms with Crippen LogP contribution in [0.4, 0.5) is 4.79 Å². The normalized spacial score (nSPS) is 18.2. The van der Waals surface area contributed by atoms with Crippen molar-refractivity contribution in [3.8, 4) is 11.1 Å². The summed E-state index contributed by atoms with van der Waals surface area (Å²) in [6.45, 7) is 4.22. The van der Waals surface area contributed by atoms with Gasteiger partial charge in [0, 0.05) is 25.6 Å². The average molecular weight is 410 g/mol. The van der Waals surface area contributed by atoms with E-state index in [0.29, 0.717) is 26.3 Å². The second-order valence-electron chi connectivity index (χ2n) is 7.98. The van der Waals surface area contributed by atoms with Gasteiger partial charge in [-0.05, 0) is 29.2 Å². The van der Waals surface area contributed by atoms with E-state index in [1.807, 2.05) is 41.3 Å². The van der Waals surface area contributed by atoms with Crippen LogP contribution in [0.3, 0.4) is 0 Å². The Morgan fingerprint density at radius 2 is 1.67 bits per heavy atom. The molecule has 0 spiro atoms. The van der Waals surface area contributed by atoms with Gasteiger partial charge in [0.25, 0.3) is 0 Å². The van der Waals surface area contributed by atoms with E-state index < -0.39 is 17.6 Å². The Bertz CT molecular complexity index is 895. The van der Waals surface area contributed by atoms with E-state index in [2.05, 4.69) is 17.4 Å². The second kappa shape index (κ2) is 8.45. The summed E-state index contributed by atoms with van der Waals surface area (Å²) in [4.78, 5) is 26.4. The lowest BCUT2D eigenvalue weighted by Gasteiger charge is -2.34. The van der Waals surface area contributed by atoms with Crippen LogP contribution in [0.1, 0.15) is 24.0 Å². The van der Waals surface area contributed by atoms with Crippen molar-refractivity contribution < 1.29 is 24.2 Å². The Balaban J connectivity index is 1.43. The topological polar surface area (TPSA) is 88.1 Å². The highest BCUT2D eigenvalue weighted by Gasteiger charge is 2.38. The van der Waals surface area contributed by atoms with Crippen molar-refractivity contribution in [1.82, 2.24) is 10.2 Å². The number of benzene rings is 2. The van der Waals surface area contributed by atoms with Crippen molar-refractivity contribution in [1.29, 1.82) is 0 Å². The fraction of sp³-hybridized carbons (Fsp3) is 0.391. The molecule has 1 saturated heterocycles. The zero-order valence-electron chi connectivity index (χ0n) is 17.0. The van der Waals surface area contributed by atoms with Crippen LogP contribution in [0.25, 0.3) is 11.1 Å². The van der Waals surface area contributed by atoms with E-state index in [1.165, 1.54) is 6.92 Å². The van der Waals surface area contributed by atoms with Crippen molar-refractivity contribution in [3.05, 3.63) is 59.7 Å². The summed E-state index contributed by atoms with van der Waals surface area (Å²) in [5.41, 5.74) is 3.07. The van der Waals surface area contributed by atoms with Gasteiger partial charge in [0.05, 0.1) is 13.2 Å². The molecule has 2 aromatic carbocycles. The number of nitrogens with one attached hydrogen (secondary N) is 1. The molecule has 7 nitrogen and oxygen atoms in total. The molecule has 1 aliphatic carbocycles. The fourth-order valence-electron chi connectivity index (χ4n) is 4.23. The number of nitrogens with zero attached hydrogens (tertiary/aromatic N) is 1. The summed E-state index contributed by atoms with van der Waals surface area (Å²) in [7, 11) is 0. The third-order valence-corrected chi connectivity index (χ3v) is 5.84. The van der Waals surface area contributed by atoms with Gasteiger partial charge in [0.15, 0.2) is 5.54 Å². The third-order valence-electron chi connectivity index (χ3n) is 5.84. The van der Waals surface area contributed by atoms with Gasteiger partial charge in [0.2, 0.25) is 0 Å². The van der Waals surface area contributed by atoms with E-state index in [1.54, 1.807) is 0 Å². The maximum absolute atomic E-state index is 12.5. The minimum absolute atomic E-state index is 0.0709. The van der Waals surface area contributed by atoms with Crippen LogP contribution in [0, 0.1) is 0 Å². The molecule has 0 saturated carbocycles. The van der Waals surface area contributed by atoms with E-state index in [9.17, 15) is 14.7 Å². The molecule has 1 heterocycles. The molecule has 1 fully saturated rings. The predicted molar refractivity (Wildman–Crippen MR) is 112 cm³/mol. The van der Waals surface area contributed by atoms with Crippen LogP contribution < -0.4 is 5.32 Å². The van der Waals surface area contributed by atoms with E-state index in [4.69, 9.17) is 9.47 Å². The van der Waals surface area contributed by atoms with Crippen molar-refractivity contribution in [3.63, 3.8) is 0 Å². The summed E-state index contributed by atoms with van der Waals surface area (Å²) in [5, 5.41) is 12.3. The summed E-state index contributed by atoms with van der Waals surface area (Å²) in [5.74, 6) is -1.17. The lowest BCUT2D eigenvalue weighted by atomic mass is 9.98. The van der Waals surface area contributed by atoms with Gasteiger partial charge in [-0.1, -0.05) is 48.5 Å². The number of ether oxygens (including phenoxy) is 2. The number of fused-ring (bicyclic) bond motifs is 3. The summed E-state index contributed by atoms with van der Waals surface area (Å²) >= 11 is 0. The van der Waals surface area contributed by atoms with Crippen molar-refractivity contribution in [2.45, 2.75) is 18.4 Å². The summed E-state index contributed by atoms with van der Waals surface area (Å²) in [6, 6.07) is 16.2. The maximum Gasteiger partial charge on any atom is 0.408 e. The standard InChI is InChI=1S/C23H26N2O5/c1-23(21(26)27,15-25-10-12-29-13-11-25)24-22(28)30-14-20-18-8-4-2-6-16(18)17-7-3-5-9-19(17)20/h2-9,20H,10-15H2,1H3,(H,24,28)(H,26,27). The molecule has 0 bridgehead atoms. The van der Waals surface area contributed by atoms with Crippen molar-refractivity contribution in [2.24, 2.45) is 0 Å². The average Bonchev–Trinajstić information content (AvgIpc) is 3.06. The number of hydrogen-bond donors (Lipinski definition) is 2. The molecule has 1 unspecified atom stereocenters. The zero-order chi connectivity index (χ0) is 21.1. The van der Waals surface area contributed by atoms with Gasteiger partial charge in [-0.3, -0.25) is 4.90 Å². The Labute approximate surface area is 175 Å². The lowest BCUT2D eigenvalue weighted by Crippen LogP contribution is -2.60. The number of aliphatic carboxylic acids is 1. The molecule has 2 aliphatic rings. The van der Waals surface area contributed by atoms with E-state index >= 15 is 0 Å². The van der Waals surface area contributed by atoms with E-state index in [-0.39, 0.29) is 19.1 Å². The highest BCUT2D eigenvalue weighted by Crippen LogP contribution is 2.44. The maximum atomic E-state index is 12.5. The molecule has 1 amide bonds. The third kappa shape index (κ3) is 4.04. The minimum Gasteiger partial charge on any atom is -0.479 e. The number of carboxylic acid groups (broad SMARTS) is 1. The number of morpholine rings is 1. The van der Waals surface area contributed by atoms with Gasteiger partial charge in [-0.2, -0.15) is 0 Å². The van der Waals surface area contributed by atoms with Gasteiger partial charge in [-0.15, -0.1) is 0 Å². The van der Waals surface area contributed by atoms with Gasteiger partial charge in [-0.25, -0.2) is 9.59 Å². The number of rotatable bonds is 6. The quantitative estimate of drug-likeness (QED) is 0.761. The second-order valence-corrected chi connectivity index (χ2v) is 7.98. The Morgan fingerprint density at radius 1 is 1.10 bits per heavy atom. The molecular formula is C23H26N2O5. The highest BCUT2D eigenvalue weighted by molar-refractivity contribution is 5.84. The molecule has 1 aliphatic heterocycles. The van der Waals surface area contributed by atoms with Crippen LogP contribution in [0.15, 0.2) is 48.5 Å². The van der Waals surface area contributed by atoms with Crippen molar-refractivity contribution in [2.75, 3.05) is 39.5 Å². The summed E-state index contributed by atoms with van der Waals surface area (Å²) < 4.78 is 10.8. The molecule has 7 heteroatoms. The van der Waals surface area contributed by atoms with Gasteiger partial charge >= 0.3 is 12.1 Å². The van der Waals surface area contributed by atoms with E-state index in [0.717, 1.165) is 22.3 Å². The van der Waals surface area contributed by atoms with Crippen LogP contribution in [-0.2, 0) is 14.3 Å². The molecular weight excluding hydrogens is 384 g/mol. The number of amides is 1. The van der Waals surface area contributed by atoms with Crippen LogP contribution in [0.2, 0.25) is 0 Å². The number of carbonyl (C=O) groups is 2. The van der Waals surface area contributed by atoms with Crippen LogP contribution in [0.5, 0.6) is 0 Å². The number of hydrogen-bond acceptors (Lipinski definition) is 5. The monoisotopic (exact) mass is 410 g/mol. The molecule has 0 radical (unpaired) electrons. The lowest BCUT2D eigenvalue weighted by molar-refractivity contribution is -0.145. The molecule has 2 N–H and O–H groups in total. The largest absolute Gasteiger partial charge is 0.479 e. The zero-order valence-corrected chi connectivity index (χ0v) is 17.0.